The Morgan fingerprint density at radius 1 is 1.67 bits per heavy atom. The molecular formula is C10H21NO3S. The molecule has 0 aromatic heterocycles. The molecule has 0 aliphatic rings. The van der Waals surface area contributed by atoms with Crippen LogP contribution in [0.4, 0.5) is 0 Å². The fourth-order valence-electron chi connectivity index (χ4n) is 0.997. The lowest BCUT2D eigenvalue weighted by Crippen LogP contribution is -2.31. The van der Waals surface area contributed by atoms with Crippen molar-refractivity contribution in [2.45, 2.75) is 37.5 Å². The van der Waals surface area contributed by atoms with Crippen LogP contribution in [0.15, 0.2) is 0 Å². The standard InChI is InChI=1S/C10H21NO3S/c1-8(4-6-11-3)14-7-5-10(2,15)9(12)13/h8,11,15H,4-7H2,1-3H3,(H,12,13). The number of aliphatic carboxylic acids is 1. The zero-order chi connectivity index (χ0) is 11.9. The van der Waals surface area contributed by atoms with Gasteiger partial charge in [-0.25, -0.2) is 0 Å². The van der Waals surface area contributed by atoms with Crippen LogP contribution in [0.25, 0.3) is 0 Å². The molecule has 0 fully saturated rings. The summed E-state index contributed by atoms with van der Waals surface area (Å²) in [5.74, 6) is -0.905. The predicted octanol–water partition coefficient (Wildman–Crippen LogP) is 1.16. The van der Waals surface area contributed by atoms with Crippen molar-refractivity contribution in [1.29, 1.82) is 0 Å². The molecule has 0 heterocycles. The van der Waals surface area contributed by atoms with Crippen molar-refractivity contribution in [2.75, 3.05) is 20.2 Å². The molecule has 0 bridgehead atoms. The Morgan fingerprint density at radius 3 is 2.73 bits per heavy atom. The van der Waals surface area contributed by atoms with E-state index in [-0.39, 0.29) is 6.10 Å². The van der Waals surface area contributed by atoms with E-state index >= 15 is 0 Å². The number of carboxylic acids is 1. The summed E-state index contributed by atoms with van der Waals surface area (Å²) in [5, 5.41) is 11.8. The molecule has 0 aliphatic carbocycles. The third-order valence-electron chi connectivity index (χ3n) is 2.25. The molecule has 0 aliphatic heterocycles. The summed E-state index contributed by atoms with van der Waals surface area (Å²) in [6, 6.07) is 0. The van der Waals surface area contributed by atoms with Gasteiger partial charge in [0.25, 0.3) is 0 Å². The van der Waals surface area contributed by atoms with Gasteiger partial charge in [0, 0.05) is 6.61 Å². The van der Waals surface area contributed by atoms with Crippen LogP contribution in [0, 0.1) is 0 Å². The van der Waals surface area contributed by atoms with Gasteiger partial charge in [0.2, 0.25) is 0 Å². The highest BCUT2D eigenvalue weighted by molar-refractivity contribution is 7.82. The minimum atomic E-state index is -0.997. The van der Waals surface area contributed by atoms with Gasteiger partial charge in [-0.05, 0) is 40.3 Å². The fraction of sp³-hybridized carbons (Fsp3) is 0.900. The Kier molecular flexibility index (Phi) is 6.96. The minimum absolute atomic E-state index is 0.148. The molecule has 0 rings (SSSR count). The van der Waals surface area contributed by atoms with Gasteiger partial charge in [-0.3, -0.25) is 4.79 Å². The molecule has 0 amide bonds. The van der Waals surface area contributed by atoms with Crippen LogP contribution in [-0.4, -0.2) is 42.1 Å². The summed E-state index contributed by atoms with van der Waals surface area (Å²) in [6.45, 7) is 4.89. The van der Waals surface area contributed by atoms with E-state index in [0.717, 1.165) is 13.0 Å². The van der Waals surface area contributed by atoms with Gasteiger partial charge in [0.1, 0.15) is 4.75 Å². The molecule has 0 saturated carbocycles. The zero-order valence-corrected chi connectivity index (χ0v) is 10.5. The summed E-state index contributed by atoms with van der Waals surface area (Å²) >= 11 is 4.06. The Balaban J connectivity index is 3.65. The van der Waals surface area contributed by atoms with Crippen molar-refractivity contribution in [3.63, 3.8) is 0 Å². The first kappa shape index (κ1) is 14.7. The van der Waals surface area contributed by atoms with Crippen LogP contribution >= 0.6 is 12.6 Å². The number of carbonyl (C=O) groups is 1. The van der Waals surface area contributed by atoms with Gasteiger partial charge in [0.05, 0.1) is 6.10 Å². The maximum atomic E-state index is 10.7. The average Bonchev–Trinajstić information content (AvgIpc) is 2.14. The Labute approximate surface area is 96.8 Å². The van der Waals surface area contributed by atoms with Crippen molar-refractivity contribution in [2.24, 2.45) is 0 Å². The molecule has 0 saturated heterocycles. The van der Waals surface area contributed by atoms with E-state index in [1.54, 1.807) is 6.92 Å². The number of thiol groups is 1. The zero-order valence-electron chi connectivity index (χ0n) is 9.62. The Bertz CT molecular complexity index is 197. The van der Waals surface area contributed by atoms with Crippen molar-refractivity contribution < 1.29 is 14.6 Å². The smallest absolute Gasteiger partial charge is 0.319 e. The first-order chi connectivity index (χ1) is 6.90. The lowest BCUT2D eigenvalue weighted by atomic mass is 10.1. The summed E-state index contributed by atoms with van der Waals surface area (Å²) in [5.41, 5.74) is 0. The molecule has 15 heavy (non-hydrogen) atoms. The normalized spacial score (nSPS) is 17.1. The predicted molar refractivity (Wildman–Crippen MR) is 63.6 cm³/mol. The van der Waals surface area contributed by atoms with Gasteiger partial charge < -0.3 is 15.2 Å². The molecular weight excluding hydrogens is 214 g/mol. The molecule has 0 spiro atoms. The summed E-state index contributed by atoms with van der Waals surface area (Å²) in [4.78, 5) is 10.7. The summed E-state index contributed by atoms with van der Waals surface area (Å²) in [7, 11) is 1.89. The van der Waals surface area contributed by atoms with Gasteiger partial charge in [-0.1, -0.05) is 0 Å². The number of rotatable bonds is 8. The quantitative estimate of drug-likeness (QED) is 0.553. The average molecular weight is 235 g/mol. The molecule has 0 radical (unpaired) electrons. The molecule has 4 nitrogen and oxygen atoms in total. The van der Waals surface area contributed by atoms with Gasteiger partial charge >= 0.3 is 5.97 Å². The highest BCUT2D eigenvalue weighted by Gasteiger charge is 2.28. The molecule has 2 atom stereocenters. The van der Waals surface area contributed by atoms with Gasteiger partial charge in [0.15, 0.2) is 0 Å². The lowest BCUT2D eigenvalue weighted by molar-refractivity contribution is -0.140. The van der Waals surface area contributed by atoms with E-state index in [1.807, 2.05) is 14.0 Å². The number of nitrogens with one attached hydrogen (secondary N) is 1. The van der Waals surface area contributed by atoms with Gasteiger partial charge in [-0.2, -0.15) is 12.6 Å². The third kappa shape index (κ3) is 6.76. The van der Waals surface area contributed by atoms with Crippen LogP contribution in [-0.2, 0) is 9.53 Å². The second-order valence-corrected chi connectivity index (χ2v) is 4.89. The Morgan fingerprint density at radius 2 is 2.27 bits per heavy atom. The molecule has 0 aromatic carbocycles. The topological polar surface area (TPSA) is 58.6 Å². The van der Waals surface area contributed by atoms with Crippen molar-refractivity contribution >= 4 is 18.6 Å². The molecule has 5 heteroatoms. The van der Waals surface area contributed by atoms with Gasteiger partial charge in [-0.15, -0.1) is 0 Å². The van der Waals surface area contributed by atoms with Crippen LogP contribution in [0.3, 0.4) is 0 Å². The van der Waals surface area contributed by atoms with E-state index in [4.69, 9.17) is 9.84 Å². The fourth-order valence-corrected chi connectivity index (χ4v) is 1.09. The van der Waals surface area contributed by atoms with Crippen molar-refractivity contribution in [3.05, 3.63) is 0 Å². The monoisotopic (exact) mass is 235 g/mol. The SMILES string of the molecule is CNCCC(C)OCCC(C)(S)C(=O)O. The van der Waals surface area contributed by atoms with E-state index in [2.05, 4.69) is 17.9 Å². The van der Waals surface area contributed by atoms with Crippen LogP contribution in [0.2, 0.25) is 0 Å². The third-order valence-corrected chi connectivity index (χ3v) is 2.67. The number of hydrogen-bond acceptors (Lipinski definition) is 4. The second kappa shape index (κ2) is 7.09. The number of ether oxygens (including phenoxy) is 1. The van der Waals surface area contributed by atoms with Crippen molar-refractivity contribution in [1.82, 2.24) is 5.32 Å². The molecule has 2 unspecified atom stereocenters. The minimum Gasteiger partial charge on any atom is -0.480 e. The lowest BCUT2D eigenvalue weighted by Gasteiger charge is -2.19. The van der Waals surface area contributed by atoms with Crippen LogP contribution < -0.4 is 5.32 Å². The second-order valence-electron chi connectivity index (χ2n) is 3.90. The first-order valence-corrected chi connectivity index (χ1v) is 5.57. The molecule has 0 aromatic rings. The molecule has 2 N–H and O–H groups in total. The number of hydrogen-bond donors (Lipinski definition) is 3. The van der Waals surface area contributed by atoms with Crippen molar-refractivity contribution in [3.8, 4) is 0 Å². The van der Waals surface area contributed by atoms with E-state index in [0.29, 0.717) is 13.0 Å². The van der Waals surface area contributed by atoms with Crippen LogP contribution in [0.5, 0.6) is 0 Å². The Hall–Kier alpha value is -0.260. The highest BCUT2D eigenvalue weighted by Crippen LogP contribution is 2.18. The van der Waals surface area contributed by atoms with E-state index in [9.17, 15) is 4.79 Å². The maximum absolute atomic E-state index is 10.7. The maximum Gasteiger partial charge on any atom is 0.319 e. The first-order valence-electron chi connectivity index (χ1n) is 5.12. The number of carboxylic acid groups (broad SMARTS) is 1. The largest absolute Gasteiger partial charge is 0.480 e. The molecule has 90 valence electrons. The summed E-state index contributed by atoms with van der Waals surface area (Å²) in [6.07, 6.45) is 1.48. The summed E-state index contributed by atoms with van der Waals surface area (Å²) < 4.78 is 4.48. The van der Waals surface area contributed by atoms with Crippen LogP contribution in [0.1, 0.15) is 26.7 Å². The highest BCUT2D eigenvalue weighted by atomic mass is 32.1. The van der Waals surface area contributed by atoms with E-state index in [1.165, 1.54) is 0 Å². The van der Waals surface area contributed by atoms with E-state index < -0.39 is 10.7 Å².